The molecule has 0 aliphatic carbocycles. The molecule has 2 amide bonds. The Kier molecular flexibility index (Phi) is 6.30. The number of carbonyl (C=O) groups is 3. The summed E-state index contributed by atoms with van der Waals surface area (Å²) in [7, 11) is 0. The quantitative estimate of drug-likeness (QED) is 0.284. The molecular weight excluding hydrogens is 352 g/mol. The van der Waals surface area contributed by atoms with Gasteiger partial charge in [-0.05, 0) is 31.9 Å². The summed E-state index contributed by atoms with van der Waals surface area (Å²) >= 11 is 0. The minimum Gasteiger partial charge on any atom is -0.466 e. The normalized spacial score (nSPS) is 14.9. The lowest BCUT2D eigenvalue weighted by Gasteiger charge is -2.22. The lowest BCUT2D eigenvalue weighted by molar-refractivity contribution is -0.562. The summed E-state index contributed by atoms with van der Waals surface area (Å²) in [6, 6.07) is 6.61. The fourth-order valence-electron chi connectivity index (χ4n) is 3.18. The van der Waals surface area contributed by atoms with Crippen LogP contribution in [0.15, 0.2) is 24.3 Å². The van der Waals surface area contributed by atoms with E-state index in [-0.39, 0.29) is 31.4 Å². The highest BCUT2D eigenvalue weighted by Gasteiger charge is 2.38. The second-order valence-electron chi connectivity index (χ2n) is 7.17. The Labute approximate surface area is 157 Å². The van der Waals surface area contributed by atoms with Gasteiger partial charge in [0, 0.05) is 31.7 Å². The van der Waals surface area contributed by atoms with E-state index in [1.165, 1.54) is 13.8 Å². The van der Waals surface area contributed by atoms with Gasteiger partial charge in [-0.1, -0.05) is 12.1 Å². The van der Waals surface area contributed by atoms with Crippen molar-refractivity contribution in [3.63, 3.8) is 0 Å². The van der Waals surface area contributed by atoms with Gasteiger partial charge >= 0.3 is 5.97 Å². The van der Waals surface area contributed by atoms with E-state index >= 15 is 0 Å². The summed E-state index contributed by atoms with van der Waals surface area (Å²) in [5.74, 6) is -1.86. The maximum Gasteiger partial charge on any atom is 0.309 e. The van der Waals surface area contributed by atoms with Gasteiger partial charge in [0.25, 0.3) is 11.8 Å². The van der Waals surface area contributed by atoms with Crippen molar-refractivity contribution in [3.05, 3.63) is 45.5 Å². The molecule has 2 rings (SSSR count). The first-order valence-corrected chi connectivity index (χ1v) is 8.95. The summed E-state index contributed by atoms with van der Waals surface area (Å²) in [5.41, 5.74) is -0.523. The number of benzene rings is 1. The van der Waals surface area contributed by atoms with Gasteiger partial charge in [0.1, 0.15) is 0 Å². The standard InChI is InChI=1S/C19H24N2O6/c1-4-27-18(24)13(12-19(2,3)21(25)26)8-7-11-20-16(22)14-9-5-6-10-15(14)17(20)23/h5-6,9-10,13H,4,7-8,11-12H2,1-3H3. The number of hydrogen-bond acceptors (Lipinski definition) is 6. The van der Waals surface area contributed by atoms with E-state index in [1.807, 2.05) is 0 Å². The summed E-state index contributed by atoms with van der Waals surface area (Å²) in [5, 5.41) is 11.2. The highest BCUT2D eigenvalue weighted by atomic mass is 16.6. The summed E-state index contributed by atoms with van der Waals surface area (Å²) in [4.78, 5) is 48.8. The number of nitro groups is 1. The molecule has 0 saturated heterocycles. The first-order valence-electron chi connectivity index (χ1n) is 8.95. The Hall–Kier alpha value is -2.77. The Morgan fingerprint density at radius 2 is 1.78 bits per heavy atom. The number of rotatable bonds is 9. The van der Waals surface area contributed by atoms with Crippen LogP contribution in [0.1, 0.15) is 60.7 Å². The number of amides is 2. The minimum absolute atomic E-state index is 0.0287. The molecule has 1 aromatic carbocycles. The first kappa shape index (κ1) is 20.5. The van der Waals surface area contributed by atoms with Crippen LogP contribution in [0.25, 0.3) is 0 Å². The van der Waals surface area contributed by atoms with Crippen molar-refractivity contribution in [1.82, 2.24) is 4.90 Å². The highest BCUT2D eigenvalue weighted by Crippen LogP contribution is 2.26. The number of imide groups is 1. The molecule has 8 heteroatoms. The van der Waals surface area contributed by atoms with E-state index < -0.39 is 22.3 Å². The van der Waals surface area contributed by atoms with E-state index in [0.717, 1.165) is 4.90 Å². The number of hydrogen-bond donors (Lipinski definition) is 0. The predicted molar refractivity (Wildman–Crippen MR) is 96.9 cm³/mol. The smallest absolute Gasteiger partial charge is 0.309 e. The largest absolute Gasteiger partial charge is 0.466 e. The molecular formula is C19H24N2O6. The third kappa shape index (κ3) is 4.50. The molecule has 0 fully saturated rings. The number of fused-ring (bicyclic) bond motifs is 1. The van der Waals surface area contributed by atoms with Crippen LogP contribution in [-0.2, 0) is 9.53 Å². The maximum atomic E-state index is 12.4. The lowest BCUT2D eigenvalue weighted by atomic mass is 9.88. The molecule has 0 bridgehead atoms. The molecule has 1 heterocycles. The molecule has 1 aliphatic heterocycles. The third-order valence-electron chi connectivity index (χ3n) is 4.67. The van der Waals surface area contributed by atoms with E-state index in [9.17, 15) is 24.5 Å². The van der Waals surface area contributed by atoms with Crippen molar-refractivity contribution in [2.24, 2.45) is 5.92 Å². The van der Waals surface area contributed by atoms with Crippen molar-refractivity contribution in [1.29, 1.82) is 0 Å². The SMILES string of the molecule is CCOC(=O)C(CCCN1C(=O)c2ccccc2C1=O)CC(C)(C)[N+](=O)[O-]. The minimum atomic E-state index is -1.27. The molecule has 0 aromatic heterocycles. The second-order valence-corrected chi connectivity index (χ2v) is 7.17. The van der Waals surface area contributed by atoms with Gasteiger partial charge in [0.2, 0.25) is 5.54 Å². The third-order valence-corrected chi connectivity index (χ3v) is 4.67. The van der Waals surface area contributed by atoms with Crippen molar-refractivity contribution in [2.45, 2.75) is 45.6 Å². The van der Waals surface area contributed by atoms with Crippen LogP contribution in [0.3, 0.4) is 0 Å². The topological polar surface area (TPSA) is 107 Å². The molecule has 1 aliphatic rings. The monoisotopic (exact) mass is 376 g/mol. The van der Waals surface area contributed by atoms with Gasteiger partial charge in [-0.25, -0.2) is 0 Å². The van der Waals surface area contributed by atoms with Gasteiger partial charge in [0.05, 0.1) is 23.7 Å². The number of esters is 1. The average molecular weight is 376 g/mol. The van der Waals surface area contributed by atoms with E-state index in [2.05, 4.69) is 0 Å². The summed E-state index contributed by atoms with van der Waals surface area (Å²) < 4.78 is 5.04. The zero-order valence-electron chi connectivity index (χ0n) is 15.8. The van der Waals surface area contributed by atoms with Crippen LogP contribution in [0.2, 0.25) is 0 Å². The van der Waals surface area contributed by atoms with Crippen molar-refractivity contribution in [2.75, 3.05) is 13.2 Å². The van der Waals surface area contributed by atoms with Gasteiger partial charge in [-0.15, -0.1) is 0 Å². The molecule has 0 N–H and O–H groups in total. The molecule has 27 heavy (non-hydrogen) atoms. The van der Waals surface area contributed by atoms with Crippen LogP contribution in [0, 0.1) is 16.0 Å². The molecule has 0 radical (unpaired) electrons. The van der Waals surface area contributed by atoms with Crippen molar-refractivity contribution in [3.8, 4) is 0 Å². The van der Waals surface area contributed by atoms with E-state index in [0.29, 0.717) is 24.0 Å². The summed E-state index contributed by atoms with van der Waals surface area (Å²) in [6.45, 7) is 4.94. The van der Waals surface area contributed by atoms with Gasteiger partial charge in [-0.2, -0.15) is 0 Å². The fraction of sp³-hybridized carbons (Fsp3) is 0.526. The molecule has 8 nitrogen and oxygen atoms in total. The predicted octanol–water partition coefficient (Wildman–Crippen LogP) is 2.69. The summed E-state index contributed by atoms with van der Waals surface area (Å²) in [6.07, 6.45) is 0.688. The Morgan fingerprint density at radius 1 is 1.22 bits per heavy atom. The molecule has 1 unspecified atom stereocenters. The molecule has 1 atom stereocenters. The average Bonchev–Trinajstić information content (AvgIpc) is 2.86. The molecule has 0 spiro atoms. The van der Waals surface area contributed by atoms with Crippen LogP contribution in [-0.4, -0.2) is 46.3 Å². The van der Waals surface area contributed by atoms with Crippen LogP contribution in [0.4, 0.5) is 0 Å². The number of nitrogens with zero attached hydrogens (tertiary/aromatic N) is 2. The number of ether oxygens (including phenoxy) is 1. The lowest BCUT2D eigenvalue weighted by Crippen LogP contribution is -2.37. The zero-order chi connectivity index (χ0) is 20.2. The second kappa shape index (κ2) is 8.28. The maximum absolute atomic E-state index is 12.4. The Bertz CT molecular complexity index is 723. The van der Waals surface area contributed by atoms with Gasteiger partial charge in [0.15, 0.2) is 0 Å². The zero-order valence-corrected chi connectivity index (χ0v) is 15.8. The van der Waals surface area contributed by atoms with Gasteiger partial charge in [-0.3, -0.25) is 29.4 Å². The first-order chi connectivity index (χ1) is 12.7. The number of carbonyl (C=O) groups excluding carboxylic acids is 3. The molecule has 1 aromatic rings. The molecule has 146 valence electrons. The van der Waals surface area contributed by atoms with Crippen molar-refractivity contribution < 1.29 is 24.0 Å². The van der Waals surface area contributed by atoms with Crippen molar-refractivity contribution >= 4 is 17.8 Å². The molecule has 0 saturated carbocycles. The Morgan fingerprint density at radius 3 is 2.26 bits per heavy atom. The van der Waals surface area contributed by atoms with Crippen LogP contribution < -0.4 is 0 Å². The van der Waals surface area contributed by atoms with Gasteiger partial charge < -0.3 is 4.74 Å². The Balaban J connectivity index is 2.01. The van der Waals surface area contributed by atoms with Crippen LogP contribution >= 0.6 is 0 Å². The van der Waals surface area contributed by atoms with E-state index in [1.54, 1.807) is 31.2 Å². The van der Waals surface area contributed by atoms with Crippen LogP contribution in [0.5, 0.6) is 0 Å². The highest BCUT2D eigenvalue weighted by molar-refractivity contribution is 6.21. The fourth-order valence-corrected chi connectivity index (χ4v) is 3.18. The van der Waals surface area contributed by atoms with E-state index in [4.69, 9.17) is 4.74 Å².